The Morgan fingerprint density at radius 3 is 2.37 bits per heavy atom. The van der Waals surface area contributed by atoms with Crippen LogP contribution in [0, 0.1) is 17.8 Å². The van der Waals surface area contributed by atoms with Gasteiger partial charge in [0.15, 0.2) is 0 Å². The number of benzene rings is 7. The molecule has 2 heteroatoms. The monoisotopic (exact) mass is 669 g/mol. The van der Waals surface area contributed by atoms with Crippen LogP contribution < -0.4 is 0 Å². The van der Waals surface area contributed by atoms with Gasteiger partial charge in [0.2, 0.25) is 0 Å². The second-order valence-electron chi connectivity index (χ2n) is 16.2. The molecule has 2 bridgehead atoms. The Balaban J connectivity index is 1.15. The van der Waals surface area contributed by atoms with E-state index in [1.165, 1.54) is 81.5 Å². The molecular formula is C50H39NO. The van der Waals surface area contributed by atoms with Gasteiger partial charge in [0.25, 0.3) is 0 Å². The molecule has 2 nitrogen and oxygen atoms in total. The first kappa shape index (κ1) is 29.0. The van der Waals surface area contributed by atoms with Crippen molar-refractivity contribution >= 4 is 54.5 Å². The van der Waals surface area contributed by atoms with Crippen molar-refractivity contribution in [1.82, 2.24) is 4.57 Å². The molecular weight excluding hydrogens is 631 g/mol. The highest BCUT2D eigenvalue weighted by Crippen LogP contribution is 2.63. The smallest absolute Gasteiger partial charge is 0.143 e. The molecule has 0 aliphatic heterocycles. The molecule has 4 unspecified atom stereocenters. The second kappa shape index (κ2) is 10.5. The van der Waals surface area contributed by atoms with Crippen LogP contribution >= 0.6 is 0 Å². The van der Waals surface area contributed by atoms with E-state index in [0.29, 0.717) is 5.92 Å². The highest BCUT2D eigenvalue weighted by atomic mass is 16.3. The van der Waals surface area contributed by atoms with Gasteiger partial charge >= 0.3 is 0 Å². The van der Waals surface area contributed by atoms with Gasteiger partial charge in [-0.15, -0.1) is 0 Å². The van der Waals surface area contributed by atoms with Gasteiger partial charge in [-0.25, -0.2) is 0 Å². The average molecular weight is 670 g/mol. The summed E-state index contributed by atoms with van der Waals surface area (Å²) in [6, 6.07) is 52.3. The number of fused-ring (bicyclic) bond motifs is 16. The Bertz CT molecular complexity index is 2940. The van der Waals surface area contributed by atoms with E-state index in [0.717, 1.165) is 44.9 Å². The third kappa shape index (κ3) is 3.80. The molecule has 0 N–H and O–H groups in total. The van der Waals surface area contributed by atoms with E-state index >= 15 is 0 Å². The van der Waals surface area contributed by atoms with Gasteiger partial charge in [0.1, 0.15) is 11.2 Å². The number of nitrogens with zero attached hydrogens (tertiary/aromatic N) is 1. The summed E-state index contributed by atoms with van der Waals surface area (Å²) < 4.78 is 9.10. The molecule has 2 aromatic heterocycles. The first-order chi connectivity index (χ1) is 25.7. The fourth-order valence-electron chi connectivity index (χ4n) is 11.5. The number of aromatic nitrogens is 1. The van der Waals surface area contributed by atoms with Crippen LogP contribution in [0.4, 0.5) is 0 Å². The quantitative estimate of drug-likeness (QED) is 0.179. The molecule has 7 aromatic carbocycles. The molecule has 2 heterocycles. The van der Waals surface area contributed by atoms with Crippen LogP contribution in [0.25, 0.3) is 82.5 Å². The van der Waals surface area contributed by atoms with Crippen molar-refractivity contribution in [2.24, 2.45) is 17.8 Å². The van der Waals surface area contributed by atoms with Crippen molar-refractivity contribution in [3.8, 4) is 27.9 Å². The van der Waals surface area contributed by atoms with Crippen LogP contribution in [0.3, 0.4) is 0 Å². The molecule has 52 heavy (non-hydrogen) atoms. The van der Waals surface area contributed by atoms with E-state index in [1.54, 1.807) is 11.1 Å². The van der Waals surface area contributed by atoms with E-state index in [2.05, 4.69) is 151 Å². The van der Waals surface area contributed by atoms with Crippen molar-refractivity contribution < 1.29 is 4.42 Å². The molecule has 0 saturated heterocycles. The van der Waals surface area contributed by atoms with E-state index in [1.807, 2.05) is 0 Å². The van der Waals surface area contributed by atoms with Gasteiger partial charge < -0.3 is 8.98 Å². The maximum atomic E-state index is 6.54. The van der Waals surface area contributed by atoms with Crippen LogP contribution in [0.15, 0.2) is 144 Å². The van der Waals surface area contributed by atoms with Gasteiger partial charge in [-0.2, -0.15) is 0 Å². The van der Waals surface area contributed by atoms with Crippen LogP contribution in [-0.4, -0.2) is 4.57 Å². The Labute approximate surface area is 303 Å². The van der Waals surface area contributed by atoms with Crippen molar-refractivity contribution in [2.75, 3.05) is 0 Å². The first-order valence-corrected chi connectivity index (χ1v) is 19.3. The minimum absolute atomic E-state index is 0.0768. The van der Waals surface area contributed by atoms with Gasteiger partial charge in [-0.05, 0) is 125 Å². The van der Waals surface area contributed by atoms with Gasteiger partial charge in [0, 0.05) is 38.2 Å². The molecule has 1 spiro atoms. The predicted octanol–water partition coefficient (Wildman–Crippen LogP) is 13.6. The van der Waals surface area contributed by atoms with Crippen LogP contribution in [0.2, 0.25) is 0 Å². The van der Waals surface area contributed by atoms with Crippen LogP contribution in [0.5, 0.6) is 0 Å². The summed E-state index contributed by atoms with van der Waals surface area (Å²) >= 11 is 0. The van der Waals surface area contributed by atoms with E-state index in [9.17, 15) is 0 Å². The fourth-order valence-corrected chi connectivity index (χ4v) is 11.5. The molecule has 0 radical (unpaired) electrons. The highest BCUT2D eigenvalue weighted by Gasteiger charge is 2.53. The largest absolute Gasteiger partial charge is 0.455 e. The predicted molar refractivity (Wildman–Crippen MR) is 216 cm³/mol. The fraction of sp³-hybridized carbons (Fsp3) is 0.200. The van der Waals surface area contributed by atoms with Crippen LogP contribution in [-0.2, 0) is 5.41 Å². The molecule has 9 aromatic rings. The number of hydrogen-bond donors (Lipinski definition) is 0. The summed E-state index contributed by atoms with van der Waals surface area (Å²) in [5.41, 5.74) is 14.1. The molecule has 3 aliphatic carbocycles. The summed E-state index contributed by atoms with van der Waals surface area (Å²) in [6.07, 6.45) is 6.67. The van der Waals surface area contributed by atoms with Gasteiger partial charge in [0.05, 0.1) is 11.0 Å². The molecule has 3 aliphatic rings. The third-order valence-corrected chi connectivity index (χ3v) is 13.5. The summed E-state index contributed by atoms with van der Waals surface area (Å²) in [4.78, 5) is 0. The maximum absolute atomic E-state index is 6.54. The Kier molecular flexibility index (Phi) is 5.85. The third-order valence-electron chi connectivity index (χ3n) is 13.5. The summed E-state index contributed by atoms with van der Waals surface area (Å²) in [6.45, 7) is 2.50. The molecule has 2 saturated carbocycles. The first-order valence-electron chi connectivity index (χ1n) is 19.3. The lowest BCUT2D eigenvalue weighted by atomic mass is 9.53. The van der Waals surface area contributed by atoms with Gasteiger partial charge in [-0.1, -0.05) is 110 Å². The standard InChI is InChI=1S/C50H39NO/c1-30-24-31-22-23-50(34(25-30)26-31)43-18-6-4-14-38(43)41-28-42-46(29-44(41)50)51(45-21-20-32-10-2-3-13-36(32)48(42)45)35-12-8-11-33(27-35)37-16-9-17-40-39-15-5-7-19-47(39)52-49(37)40/h2-21,27-31,34H,22-26H2,1H3. The molecule has 4 atom stereocenters. The minimum atomic E-state index is 0.0768. The highest BCUT2D eigenvalue weighted by molar-refractivity contribution is 6.22. The lowest BCUT2D eigenvalue weighted by molar-refractivity contribution is 0.0856. The lowest BCUT2D eigenvalue weighted by Crippen LogP contribution is -2.44. The Morgan fingerprint density at radius 2 is 1.40 bits per heavy atom. The van der Waals surface area contributed by atoms with Crippen molar-refractivity contribution in [3.63, 3.8) is 0 Å². The summed E-state index contributed by atoms with van der Waals surface area (Å²) in [7, 11) is 0. The molecule has 2 fully saturated rings. The topological polar surface area (TPSA) is 18.1 Å². The second-order valence-corrected chi connectivity index (χ2v) is 16.2. The molecule has 250 valence electrons. The Hall–Kier alpha value is -5.60. The number of para-hydroxylation sites is 2. The lowest BCUT2D eigenvalue weighted by Gasteiger charge is -2.50. The SMILES string of the molecule is CC1CC2CCC3(c4ccccc4-c4cc5c6c7ccccc7ccc6n(-c6cccc(-c7cccc8c7oc7ccccc78)c6)c5cc43)C(C1)C2. The number of rotatable bonds is 2. The zero-order valence-electron chi connectivity index (χ0n) is 29.4. The van der Waals surface area contributed by atoms with Gasteiger partial charge in [-0.3, -0.25) is 0 Å². The van der Waals surface area contributed by atoms with Crippen molar-refractivity contribution in [1.29, 1.82) is 0 Å². The summed E-state index contributed by atoms with van der Waals surface area (Å²) in [5, 5.41) is 7.60. The molecule has 0 amide bonds. The van der Waals surface area contributed by atoms with Crippen molar-refractivity contribution in [2.45, 2.75) is 44.4 Å². The number of furan rings is 1. The zero-order valence-corrected chi connectivity index (χ0v) is 29.4. The normalized spacial score (nSPS) is 22.2. The number of hydrogen-bond acceptors (Lipinski definition) is 1. The van der Waals surface area contributed by atoms with Crippen LogP contribution in [0.1, 0.15) is 50.2 Å². The summed E-state index contributed by atoms with van der Waals surface area (Å²) in [5.74, 6) is 2.34. The maximum Gasteiger partial charge on any atom is 0.143 e. The van der Waals surface area contributed by atoms with Crippen molar-refractivity contribution in [3.05, 3.63) is 151 Å². The molecule has 12 rings (SSSR count). The Morgan fingerprint density at radius 1 is 0.596 bits per heavy atom. The van der Waals surface area contributed by atoms with E-state index in [4.69, 9.17) is 4.42 Å². The van der Waals surface area contributed by atoms with E-state index in [-0.39, 0.29) is 5.41 Å². The minimum Gasteiger partial charge on any atom is -0.455 e. The zero-order chi connectivity index (χ0) is 34.1. The van der Waals surface area contributed by atoms with E-state index < -0.39 is 0 Å². The average Bonchev–Trinajstić information content (AvgIpc) is 3.82.